The molecule has 87 valence electrons. The van der Waals surface area contributed by atoms with E-state index in [-0.39, 0.29) is 32.7 Å². The Morgan fingerprint density at radius 1 is 1.24 bits per heavy atom. The van der Waals surface area contributed by atoms with Crippen LogP contribution in [-0.2, 0) is 45.6 Å². The molecular weight excluding hydrogens is 283 g/mol. The first-order valence-electron chi connectivity index (χ1n) is 6.50. The van der Waals surface area contributed by atoms with E-state index in [9.17, 15) is 0 Å². The standard InChI is InChI=1S/C15H18N.Y/c1-16-10-15(16)13-6-7-14(15)9-12-5-3-2-4-11(12)8-13;/h2,4-5,13-14H,6-10H2,1H3;/q-1;/t13-,14+,15+,16?;/m0./s1. The summed E-state index contributed by atoms with van der Waals surface area (Å²) in [6.07, 6.45) is 5.51. The average molecular weight is 301 g/mol. The molecule has 4 rings (SSSR count). The predicted octanol–water partition coefficient (Wildman–Crippen LogP) is 2.29. The van der Waals surface area contributed by atoms with Crippen LogP contribution in [0.4, 0.5) is 0 Å². The van der Waals surface area contributed by atoms with Crippen molar-refractivity contribution in [2.24, 2.45) is 11.8 Å². The Labute approximate surface area is 129 Å². The van der Waals surface area contributed by atoms with Crippen LogP contribution in [0, 0.1) is 17.9 Å². The molecule has 1 heterocycles. The van der Waals surface area contributed by atoms with Crippen molar-refractivity contribution in [2.75, 3.05) is 13.6 Å². The molecule has 1 aliphatic heterocycles. The van der Waals surface area contributed by atoms with E-state index in [0.29, 0.717) is 5.54 Å². The Morgan fingerprint density at radius 3 is 2.53 bits per heavy atom. The van der Waals surface area contributed by atoms with Gasteiger partial charge in [-0.15, -0.1) is 0 Å². The van der Waals surface area contributed by atoms with Gasteiger partial charge in [-0.25, -0.2) is 0 Å². The van der Waals surface area contributed by atoms with Gasteiger partial charge in [-0.2, -0.15) is 35.4 Å². The van der Waals surface area contributed by atoms with E-state index in [1.54, 1.807) is 11.1 Å². The van der Waals surface area contributed by atoms with E-state index in [2.05, 4.69) is 36.2 Å². The summed E-state index contributed by atoms with van der Waals surface area (Å²) in [6, 6.07) is 9.86. The maximum Gasteiger partial charge on any atom is 0.0386 e. The molecule has 1 aromatic rings. The zero-order chi connectivity index (χ0) is 10.8. The summed E-state index contributed by atoms with van der Waals surface area (Å²) in [5.41, 5.74) is 3.78. The number of hydrogen-bond donors (Lipinski definition) is 0. The monoisotopic (exact) mass is 301 g/mol. The molecule has 4 atom stereocenters. The van der Waals surface area contributed by atoms with Gasteiger partial charge in [0.05, 0.1) is 0 Å². The van der Waals surface area contributed by atoms with Crippen molar-refractivity contribution in [3.8, 4) is 0 Å². The number of benzene rings is 1. The second-order valence-corrected chi connectivity index (χ2v) is 5.92. The molecule has 1 aromatic carbocycles. The van der Waals surface area contributed by atoms with E-state index in [4.69, 9.17) is 0 Å². The first-order chi connectivity index (χ1) is 7.80. The van der Waals surface area contributed by atoms with Gasteiger partial charge in [0.1, 0.15) is 0 Å². The second kappa shape index (κ2) is 4.15. The molecule has 17 heavy (non-hydrogen) atoms. The molecule has 2 bridgehead atoms. The summed E-state index contributed by atoms with van der Waals surface area (Å²) < 4.78 is 0. The quantitative estimate of drug-likeness (QED) is 0.525. The Kier molecular flexibility index (Phi) is 3.01. The molecule has 3 aliphatic rings. The third kappa shape index (κ3) is 1.62. The minimum absolute atomic E-state index is 0. The third-order valence-electron chi connectivity index (χ3n) is 5.36. The van der Waals surface area contributed by atoms with Gasteiger partial charge in [-0.1, -0.05) is 6.42 Å². The number of rotatable bonds is 0. The maximum absolute atomic E-state index is 3.25. The molecule has 1 unspecified atom stereocenters. The SMILES string of the molecule is CN1C[C@@]12[C@@H]1CC[C@H]2Cc2cc[c-]cc2C1.[Y]. The number of likely N-dealkylation sites (N-methyl/N-ethyl adjacent to an activating group) is 1. The minimum Gasteiger partial charge on any atom is -0.297 e. The fraction of sp³-hybridized carbons (Fsp3) is 0.600. The molecule has 1 saturated heterocycles. The van der Waals surface area contributed by atoms with Gasteiger partial charge >= 0.3 is 0 Å². The van der Waals surface area contributed by atoms with Gasteiger partial charge < -0.3 is 0 Å². The molecule has 0 aromatic heterocycles. The largest absolute Gasteiger partial charge is 0.297 e. The van der Waals surface area contributed by atoms with Gasteiger partial charge in [0.25, 0.3) is 0 Å². The number of nitrogens with zero attached hydrogens (tertiary/aromatic N) is 1. The Morgan fingerprint density at radius 2 is 1.88 bits per heavy atom. The number of fused-ring (bicyclic) bond motifs is 1. The molecule has 0 amide bonds. The Hall–Kier alpha value is 0.284. The smallest absolute Gasteiger partial charge is 0.0386 e. The number of hydrogen-bond acceptors (Lipinski definition) is 1. The molecule has 2 heteroatoms. The Bertz CT molecular complexity index is 409. The second-order valence-electron chi connectivity index (χ2n) is 5.92. The maximum atomic E-state index is 3.25. The molecular formula is C15H18NY-. The fourth-order valence-corrected chi connectivity index (χ4v) is 4.44. The molecule has 1 saturated carbocycles. The van der Waals surface area contributed by atoms with Crippen LogP contribution in [0.15, 0.2) is 18.2 Å². The van der Waals surface area contributed by atoms with Gasteiger partial charge in [0.2, 0.25) is 0 Å². The third-order valence-corrected chi connectivity index (χ3v) is 5.36. The summed E-state index contributed by atoms with van der Waals surface area (Å²) in [6.45, 7) is 1.35. The van der Waals surface area contributed by atoms with Gasteiger partial charge in [-0.05, 0) is 38.1 Å². The average Bonchev–Trinajstić information content (AvgIpc) is 2.85. The van der Waals surface area contributed by atoms with E-state index < -0.39 is 0 Å². The van der Waals surface area contributed by atoms with Crippen molar-refractivity contribution >= 4 is 0 Å². The van der Waals surface area contributed by atoms with Crippen molar-refractivity contribution in [2.45, 2.75) is 31.2 Å². The summed E-state index contributed by atoms with van der Waals surface area (Å²) in [4.78, 5) is 2.60. The van der Waals surface area contributed by atoms with Crippen molar-refractivity contribution in [1.82, 2.24) is 4.90 Å². The predicted molar refractivity (Wildman–Crippen MR) is 64.3 cm³/mol. The zero-order valence-corrected chi connectivity index (χ0v) is 13.3. The normalized spacial score (nSPS) is 41.6. The van der Waals surface area contributed by atoms with Crippen molar-refractivity contribution < 1.29 is 32.7 Å². The van der Waals surface area contributed by atoms with Crippen LogP contribution < -0.4 is 0 Å². The van der Waals surface area contributed by atoms with Crippen molar-refractivity contribution in [1.29, 1.82) is 0 Å². The van der Waals surface area contributed by atoms with Crippen molar-refractivity contribution in [3.05, 3.63) is 35.4 Å². The summed E-state index contributed by atoms with van der Waals surface area (Å²) in [5, 5.41) is 0. The van der Waals surface area contributed by atoms with E-state index in [0.717, 1.165) is 11.8 Å². The molecule has 1 spiro atoms. The van der Waals surface area contributed by atoms with Crippen LogP contribution in [0.3, 0.4) is 0 Å². The summed E-state index contributed by atoms with van der Waals surface area (Å²) in [5.74, 6) is 1.84. The van der Waals surface area contributed by atoms with Gasteiger partial charge in [0.15, 0.2) is 0 Å². The minimum atomic E-state index is 0. The summed E-state index contributed by atoms with van der Waals surface area (Å²) >= 11 is 0. The van der Waals surface area contributed by atoms with Crippen LogP contribution in [0.25, 0.3) is 0 Å². The van der Waals surface area contributed by atoms with Crippen molar-refractivity contribution in [3.63, 3.8) is 0 Å². The molecule has 0 N–H and O–H groups in total. The first-order valence-corrected chi connectivity index (χ1v) is 6.50. The van der Waals surface area contributed by atoms with E-state index in [1.807, 2.05) is 0 Å². The van der Waals surface area contributed by atoms with Crippen LogP contribution >= 0.6 is 0 Å². The molecule has 2 aliphatic carbocycles. The van der Waals surface area contributed by atoms with Gasteiger partial charge in [0, 0.05) is 44.8 Å². The van der Waals surface area contributed by atoms with Crippen LogP contribution in [0.1, 0.15) is 24.0 Å². The van der Waals surface area contributed by atoms with E-state index >= 15 is 0 Å². The zero-order valence-electron chi connectivity index (χ0n) is 10.4. The van der Waals surface area contributed by atoms with Crippen LogP contribution in [0.5, 0.6) is 0 Å². The summed E-state index contributed by atoms with van der Waals surface area (Å²) in [7, 11) is 2.31. The van der Waals surface area contributed by atoms with Crippen LogP contribution in [-0.4, -0.2) is 24.0 Å². The first kappa shape index (κ1) is 12.3. The van der Waals surface area contributed by atoms with Gasteiger partial charge in [-0.3, -0.25) is 4.90 Å². The molecule has 1 radical (unpaired) electrons. The molecule has 1 nitrogen and oxygen atoms in total. The fourth-order valence-electron chi connectivity index (χ4n) is 4.44. The topological polar surface area (TPSA) is 3.01 Å². The molecule has 2 fully saturated rings. The van der Waals surface area contributed by atoms with Crippen LogP contribution in [0.2, 0.25) is 0 Å². The van der Waals surface area contributed by atoms with E-state index in [1.165, 1.54) is 32.2 Å². The Balaban J connectivity index is 0.000000902.